The van der Waals surface area contributed by atoms with Gasteiger partial charge in [-0.3, -0.25) is 14.7 Å². The summed E-state index contributed by atoms with van der Waals surface area (Å²) in [6, 6.07) is 0.884. The molecule has 2 aliphatic heterocycles. The molecule has 2 rings (SSSR count). The van der Waals surface area contributed by atoms with Crippen molar-refractivity contribution < 1.29 is 4.79 Å². The standard InChI is InChI=1S/C20H39N5O.HI/c1-15(2)13-24-10-7-6-8-18(24)12-22-20(21-5)23-17-9-11-25(14-17)19(26)16(3)4;/h15-18H,6-14H2,1-5H3,(H2,21,22,23);1H. The predicted molar refractivity (Wildman–Crippen MR) is 124 cm³/mol. The predicted octanol–water partition coefficient (Wildman–Crippen LogP) is 2.54. The molecule has 6 nitrogen and oxygen atoms in total. The number of carbonyl (C=O) groups is 1. The van der Waals surface area contributed by atoms with E-state index < -0.39 is 0 Å². The van der Waals surface area contributed by atoms with Crippen molar-refractivity contribution in [3.8, 4) is 0 Å². The fourth-order valence-corrected chi connectivity index (χ4v) is 4.05. The van der Waals surface area contributed by atoms with E-state index >= 15 is 0 Å². The summed E-state index contributed by atoms with van der Waals surface area (Å²) in [4.78, 5) is 21.2. The third kappa shape index (κ3) is 7.75. The molecule has 0 bridgehead atoms. The lowest BCUT2D eigenvalue weighted by atomic mass is 10.0. The highest BCUT2D eigenvalue weighted by atomic mass is 127. The van der Waals surface area contributed by atoms with Gasteiger partial charge in [-0.25, -0.2) is 0 Å². The van der Waals surface area contributed by atoms with Crippen molar-refractivity contribution in [2.45, 2.75) is 65.5 Å². The molecule has 0 aromatic rings. The van der Waals surface area contributed by atoms with E-state index in [1.54, 1.807) is 0 Å². The number of piperidine rings is 1. The molecular weight excluding hydrogens is 453 g/mol. The number of likely N-dealkylation sites (tertiary alicyclic amines) is 2. The Morgan fingerprint density at radius 2 is 1.89 bits per heavy atom. The number of hydrogen-bond donors (Lipinski definition) is 2. The van der Waals surface area contributed by atoms with E-state index in [4.69, 9.17) is 0 Å². The van der Waals surface area contributed by atoms with E-state index in [9.17, 15) is 4.79 Å². The van der Waals surface area contributed by atoms with Crippen LogP contribution in [0, 0.1) is 11.8 Å². The fraction of sp³-hybridized carbons (Fsp3) is 0.900. The summed E-state index contributed by atoms with van der Waals surface area (Å²) in [5.74, 6) is 1.90. The molecule has 0 aromatic carbocycles. The van der Waals surface area contributed by atoms with Crippen LogP contribution < -0.4 is 10.6 Å². The highest BCUT2D eigenvalue weighted by Crippen LogP contribution is 2.18. The van der Waals surface area contributed by atoms with Gasteiger partial charge in [0.25, 0.3) is 0 Å². The van der Waals surface area contributed by atoms with Crippen LogP contribution in [0.3, 0.4) is 0 Å². The maximum absolute atomic E-state index is 12.1. The van der Waals surface area contributed by atoms with E-state index in [0.29, 0.717) is 18.0 Å². The van der Waals surface area contributed by atoms with Crippen molar-refractivity contribution in [3.63, 3.8) is 0 Å². The molecule has 2 aliphatic rings. The van der Waals surface area contributed by atoms with Gasteiger partial charge in [-0.15, -0.1) is 24.0 Å². The molecule has 0 radical (unpaired) electrons. The normalized spacial score (nSPS) is 24.3. The Morgan fingerprint density at radius 1 is 1.15 bits per heavy atom. The van der Waals surface area contributed by atoms with Crippen LogP contribution in [0.1, 0.15) is 53.4 Å². The minimum Gasteiger partial charge on any atom is -0.355 e. The number of hydrogen-bond acceptors (Lipinski definition) is 3. The largest absolute Gasteiger partial charge is 0.355 e. The second-order valence-corrected chi connectivity index (χ2v) is 8.56. The number of rotatable bonds is 6. The number of nitrogens with one attached hydrogen (secondary N) is 2. The lowest BCUT2D eigenvalue weighted by Gasteiger charge is -2.37. The van der Waals surface area contributed by atoms with E-state index in [0.717, 1.165) is 32.0 Å². The Bertz CT molecular complexity index is 483. The summed E-state index contributed by atoms with van der Waals surface area (Å²) in [6.07, 6.45) is 4.89. The van der Waals surface area contributed by atoms with Gasteiger partial charge in [0, 0.05) is 51.2 Å². The number of carbonyl (C=O) groups excluding carboxylic acids is 1. The highest BCUT2D eigenvalue weighted by molar-refractivity contribution is 14.0. The molecule has 1 amide bonds. The minimum absolute atomic E-state index is 0. The Kier molecular flexibility index (Phi) is 11.0. The first-order chi connectivity index (χ1) is 12.4. The number of guanidine groups is 1. The van der Waals surface area contributed by atoms with Crippen LogP contribution in [0.15, 0.2) is 4.99 Å². The molecule has 0 aromatic heterocycles. The molecule has 0 spiro atoms. The van der Waals surface area contributed by atoms with Gasteiger partial charge in [0.05, 0.1) is 0 Å². The van der Waals surface area contributed by atoms with Crippen molar-refractivity contribution in [2.24, 2.45) is 16.8 Å². The van der Waals surface area contributed by atoms with Crippen LogP contribution in [0.5, 0.6) is 0 Å². The summed E-state index contributed by atoms with van der Waals surface area (Å²) >= 11 is 0. The lowest BCUT2D eigenvalue weighted by Crippen LogP contribution is -2.51. The SMILES string of the molecule is CN=C(NCC1CCCCN1CC(C)C)NC1CCN(C(=O)C(C)C)C1.I. The molecule has 2 atom stereocenters. The van der Waals surface area contributed by atoms with Crippen molar-refractivity contribution in [2.75, 3.05) is 39.8 Å². The van der Waals surface area contributed by atoms with Gasteiger partial charge in [0.2, 0.25) is 5.91 Å². The summed E-state index contributed by atoms with van der Waals surface area (Å²) in [7, 11) is 1.83. The smallest absolute Gasteiger partial charge is 0.225 e. The van der Waals surface area contributed by atoms with Gasteiger partial charge in [-0.1, -0.05) is 34.1 Å². The summed E-state index contributed by atoms with van der Waals surface area (Å²) < 4.78 is 0. The van der Waals surface area contributed by atoms with Crippen molar-refractivity contribution in [1.29, 1.82) is 0 Å². The van der Waals surface area contributed by atoms with E-state index in [1.165, 1.54) is 32.4 Å². The van der Waals surface area contributed by atoms with Crippen molar-refractivity contribution in [3.05, 3.63) is 0 Å². The van der Waals surface area contributed by atoms with Gasteiger partial charge in [-0.05, 0) is 31.7 Å². The Balaban J connectivity index is 0.00000364. The van der Waals surface area contributed by atoms with Gasteiger partial charge < -0.3 is 15.5 Å². The Hall–Kier alpha value is -0.570. The molecule has 158 valence electrons. The minimum atomic E-state index is 0. The topological polar surface area (TPSA) is 60.0 Å². The zero-order chi connectivity index (χ0) is 19.1. The van der Waals surface area contributed by atoms with Crippen LogP contribution >= 0.6 is 24.0 Å². The number of aliphatic imine (C=N–C) groups is 1. The zero-order valence-corrected chi connectivity index (χ0v) is 20.2. The first-order valence-electron chi connectivity index (χ1n) is 10.4. The Morgan fingerprint density at radius 3 is 2.52 bits per heavy atom. The maximum Gasteiger partial charge on any atom is 0.225 e. The van der Waals surface area contributed by atoms with Gasteiger partial charge in [0.1, 0.15) is 0 Å². The Labute approximate surface area is 182 Å². The molecule has 2 saturated heterocycles. The van der Waals surface area contributed by atoms with Crippen molar-refractivity contribution in [1.82, 2.24) is 20.4 Å². The molecule has 2 N–H and O–H groups in total. The average Bonchev–Trinajstić information content (AvgIpc) is 3.06. The highest BCUT2D eigenvalue weighted by Gasteiger charge is 2.28. The molecule has 2 fully saturated rings. The monoisotopic (exact) mass is 493 g/mol. The number of amides is 1. The van der Waals surface area contributed by atoms with Crippen molar-refractivity contribution >= 4 is 35.8 Å². The molecular formula is C20H40IN5O. The van der Waals surface area contributed by atoms with Crippen LogP contribution in [0.2, 0.25) is 0 Å². The molecule has 27 heavy (non-hydrogen) atoms. The third-order valence-electron chi connectivity index (χ3n) is 5.41. The van der Waals surface area contributed by atoms with E-state index in [2.05, 4.69) is 34.4 Å². The molecule has 0 saturated carbocycles. The number of nitrogens with zero attached hydrogens (tertiary/aromatic N) is 3. The number of halogens is 1. The second kappa shape index (κ2) is 12.1. The van der Waals surface area contributed by atoms with E-state index in [1.807, 2.05) is 25.8 Å². The molecule has 2 heterocycles. The maximum atomic E-state index is 12.1. The summed E-state index contributed by atoms with van der Waals surface area (Å²) in [5.41, 5.74) is 0. The first-order valence-corrected chi connectivity index (χ1v) is 10.4. The quantitative estimate of drug-likeness (QED) is 0.339. The fourth-order valence-electron chi connectivity index (χ4n) is 4.05. The van der Waals surface area contributed by atoms with E-state index in [-0.39, 0.29) is 35.8 Å². The van der Waals surface area contributed by atoms with Crippen LogP contribution in [-0.4, -0.2) is 73.5 Å². The summed E-state index contributed by atoms with van der Waals surface area (Å²) in [6.45, 7) is 13.5. The zero-order valence-electron chi connectivity index (χ0n) is 17.8. The van der Waals surface area contributed by atoms with Crippen LogP contribution in [0.4, 0.5) is 0 Å². The average molecular weight is 493 g/mol. The molecule has 0 aliphatic carbocycles. The van der Waals surface area contributed by atoms with Gasteiger partial charge in [-0.2, -0.15) is 0 Å². The molecule has 2 unspecified atom stereocenters. The summed E-state index contributed by atoms with van der Waals surface area (Å²) in [5, 5.41) is 7.04. The second-order valence-electron chi connectivity index (χ2n) is 8.56. The first kappa shape index (κ1) is 24.5. The lowest BCUT2D eigenvalue weighted by molar-refractivity contribution is -0.133. The third-order valence-corrected chi connectivity index (χ3v) is 5.41. The van der Waals surface area contributed by atoms with Gasteiger partial charge in [0.15, 0.2) is 5.96 Å². The van der Waals surface area contributed by atoms with Crippen LogP contribution in [0.25, 0.3) is 0 Å². The molecule has 7 heteroatoms. The van der Waals surface area contributed by atoms with Gasteiger partial charge >= 0.3 is 0 Å². The van der Waals surface area contributed by atoms with Crippen LogP contribution in [-0.2, 0) is 4.79 Å².